The highest BCUT2D eigenvalue weighted by Crippen LogP contribution is 2.23. The molecular formula is C10H18N4S. The quantitative estimate of drug-likeness (QED) is 0.349. The van der Waals surface area contributed by atoms with Crippen LogP contribution in [0.4, 0.5) is 5.95 Å². The van der Waals surface area contributed by atoms with Crippen LogP contribution in [0.5, 0.6) is 0 Å². The molecule has 1 rings (SSSR count). The number of nitrogens with two attached hydrogens (primary N) is 1. The van der Waals surface area contributed by atoms with Crippen molar-refractivity contribution in [3.05, 3.63) is 11.8 Å². The molecule has 5 heteroatoms. The molecule has 1 unspecified atom stereocenters. The maximum absolute atomic E-state index is 5.27. The van der Waals surface area contributed by atoms with Crippen molar-refractivity contribution in [1.29, 1.82) is 0 Å². The van der Waals surface area contributed by atoms with Gasteiger partial charge in [-0.2, -0.15) is 0 Å². The van der Waals surface area contributed by atoms with E-state index in [4.69, 9.17) is 5.84 Å². The van der Waals surface area contributed by atoms with Crippen LogP contribution in [0.1, 0.15) is 25.8 Å². The lowest BCUT2D eigenvalue weighted by Gasteiger charge is -2.09. The largest absolute Gasteiger partial charge is 0.292 e. The molecule has 0 saturated heterocycles. The van der Waals surface area contributed by atoms with Crippen molar-refractivity contribution in [2.75, 3.05) is 11.2 Å². The second-order valence-electron chi connectivity index (χ2n) is 3.65. The van der Waals surface area contributed by atoms with Gasteiger partial charge in [0.1, 0.15) is 5.03 Å². The Labute approximate surface area is 95.0 Å². The Bertz CT molecular complexity index is 316. The molecule has 0 aliphatic carbocycles. The molecule has 3 N–H and O–H groups in total. The van der Waals surface area contributed by atoms with E-state index in [1.165, 1.54) is 6.42 Å². The van der Waals surface area contributed by atoms with Gasteiger partial charge in [0.2, 0.25) is 5.95 Å². The number of aromatic nitrogens is 2. The van der Waals surface area contributed by atoms with E-state index in [0.717, 1.165) is 16.3 Å². The summed E-state index contributed by atoms with van der Waals surface area (Å²) in [6.07, 6.45) is 2.99. The topological polar surface area (TPSA) is 63.8 Å². The summed E-state index contributed by atoms with van der Waals surface area (Å²) in [4.78, 5) is 8.36. The fourth-order valence-corrected chi connectivity index (χ4v) is 2.09. The summed E-state index contributed by atoms with van der Waals surface area (Å²) < 4.78 is 0. The van der Waals surface area contributed by atoms with Crippen molar-refractivity contribution >= 4 is 17.7 Å². The minimum absolute atomic E-state index is 0.479. The van der Waals surface area contributed by atoms with Crippen LogP contribution in [0, 0.1) is 12.8 Å². The lowest BCUT2D eigenvalue weighted by molar-refractivity contribution is 0.636. The van der Waals surface area contributed by atoms with Crippen molar-refractivity contribution in [1.82, 2.24) is 9.97 Å². The highest BCUT2D eigenvalue weighted by atomic mass is 32.2. The van der Waals surface area contributed by atoms with Gasteiger partial charge in [-0.05, 0) is 18.4 Å². The second kappa shape index (κ2) is 5.92. The second-order valence-corrected chi connectivity index (χ2v) is 4.66. The van der Waals surface area contributed by atoms with Crippen molar-refractivity contribution < 1.29 is 0 Å². The molecular weight excluding hydrogens is 208 g/mol. The average Bonchev–Trinajstić information content (AvgIpc) is 2.27. The third kappa shape index (κ3) is 3.68. The van der Waals surface area contributed by atoms with E-state index in [1.54, 1.807) is 18.0 Å². The summed E-state index contributed by atoms with van der Waals surface area (Å²) in [5, 5.41) is 1.01. The Morgan fingerprint density at radius 2 is 2.33 bits per heavy atom. The highest BCUT2D eigenvalue weighted by molar-refractivity contribution is 7.99. The lowest BCUT2D eigenvalue weighted by Crippen LogP contribution is -2.11. The Hall–Kier alpha value is -0.810. The van der Waals surface area contributed by atoms with E-state index < -0.39 is 0 Å². The molecule has 0 aliphatic rings. The van der Waals surface area contributed by atoms with E-state index in [0.29, 0.717) is 11.9 Å². The fourth-order valence-electron chi connectivity index (χ4n) is 0.981. The van der Waals surface area contributed by atoms with Gasteiger partial charge in [-0.25, -0.2) is 15.8 Å². The van der Waals surface area contributed by atoms with Crippen molar-refractivity contribution in [2.24, 2.45) is 11.8 Å². The predicted octanol–water partition coefficient (Wildman–Crippen LogP) is 2.21. The van der Waals surface area contributed by atoms with Crippen LogP contribution in [-0.4, -0.2) is 15.7 Å². The zero-order chi connectivity index (χ0) is 11.3. The first-order chi connectivity index (χ1) is 7.17. The monoisotopic (exact) mass is 226 g/mol. The zero-order valence-electron chi connectivity index (χ0n) is 9.45. The number of hydrogen-bond donors (Lipinski definition) is 2. The number of hydrogen-bond acceptors (Lipinski definition) is 5. The van der Waals surface area contributed by atoms with E-state index in [9.17, 15) is 0 Å². The summed E-state index contributed by atoms with van der Waals surface area (Å²) in [5.41, 5.74) is 3.56. The molecule has 1 aromatic heterocycles. The average molecular weight is 226 g/mol. The molecule has 1 atom stereocenters. The Morgan fingerprint density at radius 1 is 1.60 bits per heavy atom. The van der Waals surface area contributed by atoms with Crippen molar-refractivity contribution in [3.63, 3.8) is 0 Å². The van der Waals surface area contributed by atoms with Gasteiger partial charge in [-0.15, -0.1) is 11.8 Å². The number of rotatable bonds is 5. The number of thioether (sulfide) groups is 1. The highest BCUT2D eigenvalue weighted by Gasteiger charge is 2.06. The molecule has 1 aromatic rings. The van der Waals surface area contributed by atoms with Gasteiger partial charge in [0.25, 0.3) is 0 Å². The summed E-state index contributed by atoms with van der Waals surface area (Å²) in [6.45, 7) is 6.45. The van der Waals surface area contributed by atoms with Crippen LogP contribution in [0.25, 0.3) is 0 Å². The first-order valence-corrected chi connectivity index (χ1v) is 6.09. The number of nitrogen functional groups attached to an aromatic ring is 1. The van der Waals surface area contributed by atoms with Crippen LogP contribution in [0.3, 0.4) is 0 Å². The number of nitrogens with one attached hydrogen (secondary N) is 1. The van der Waals surface area contributed by atoms with Gasteiger partial charge in [0, 0.05) is 11.9 Å². The molecule has 0 radical (unpaired) electrons. The smallest absolute Gasteiger partial charge is 0.238 e. The molecule has 0 aromatic carbocycles. The maximum Gasteiger partial charge on any atom is 0.238 e. The predicted molar refractivity (Wildman–Crippen MR) is 64.8 cm³/mol. The van der Waals surface area contributed by atoms with Gasteiger partial charge in [0.05, 0.1) is 0 Å². The van der Waals surface area contributed by atoms with Crippen LogP contribution in [0.2, 0.25) is 0 Å². The zero-order valence-corrected chi connectivity index (χ0v) is 10.3. The van der Waals surface area contributed by atoms with Crippen molar-refractivity contribution in [3.8, 4) is 0 Å². The normalized spacial score (nSPS) is 12.5. The Morgan fingerprint density at radius 3 is 2.93 bits per heavy atom. The minimum Gasteiger partial charge on any atom is -0.292 e. The summed E-state index contributed by atoms with van der Waals surface area (Å²) >= 11 is 1.76. The van der Waals surface area contributed by atoms with E-state index in [2.05, 4.69) is 29.2 Å². The van der Waals surface area contributed by atoms with Gasteiger partial charge in [0.15, 0.2) is 0 Å². The van der Waals surface area contributed by atoms with Crippen LogP contribution in [0.15, 0.2) is 11.2 Å². The standard InChI is InChI=1S/C10H18N4S/c1-4-7(2)6-15-9-8(3)5-12-10(13-9)14-11/h5,7H,4,6,11H2,1-3H3,(H,12,13,14). The van der Waals surface area contributed by atoms with E-state index in [1.807, 2.05) is 6.92 Å². The van der Waals surface area contributed by atoms with Gasteiger partial charge < -0.3 is 0 Å². The molecule has 0 aliphatic heterocycles. The molecule has 0 spiro atoms. The van der Waals surface area contributed by atoms with Crippen molar-refractivity contribution in [2.45, 2.75) is 32.2 Å². The molecule has 0 saturated carbocycles. The molecule has 0 bridgehead atoms. The lowest BCUT2D eigenvalue weighted by atomic mass is 10.2. The minimum atomic E-state index is 0.479. The third-order valence-electron chi connectivity index (χ3n) is 2.26. The summed E-state index contributed by atoms with van der Waals surface area (Å²) in [6, 6.07) is 0. The molecule has 15 heavy (non-hydrogen) atoms. The molecule has 0 amide bonds. The van der Waals surface area contributed by atoms with Crippen LogP contribution in [-0.2, 0) is 0 Å². The first-order valence-electron chi connectivity index (χ1n) is 5.10. The molecule has 1 heterocycles. The van der Waals surface area contributed by atoms with Crippen LogP contribution >= 0.6 is 11.8 Å². The third-order valence-corrected chi connectivity index (χ3v) is 3.68. The summed E-state index contributed by atoms with van der Waals surface area (Å²) in [5.74, 6) is 7.53. The number of nitrogens with zero attached hydrogens (tertiary/aromatic N) is 2. The van der Waals surface area contributed by atoms with Crippen LogP contribution < -0.4 is 11.3 Å². The van der Waals surface area contributed by atoms with E-state index >= 15 is 0 Å². The number of hydrazine groups is 1. The van der Waals surface area contributed by atoms with Gasteiger partial charge in [-0.1, -0.05) is 20.3 Å². The number of anilines is 1. The first kappa shape index (κ1) is 12.3. The van der Waals surface area contributed by atoms with E-state index in [-0.39, 0.29) is 0 Å². The Balaban J connectivity index is 2.66. The maximum atomic E-state index is 5.27. The molecule has 0 fully saturated rings. The van der Waals surface area contributed by atoms with Gasteiger partial charge in [-0.3, -0.25) is 5.43 Å². The SMILES string of the molecule is CCC(C)CSc1nc(NN)ncc1C. The molecule has 4 nitrogen and oxygen atoms in total. The fraction of sp³-hybridized carbons (Fsp3) is 0.600. The van der Waals surface area contributed by atoms with Gasteiger partial charge >= 0.3 is 0 Å². The molecule has 84 valence electrons. The summed E-state index contributed by atoms with van der Waals surface area (Å²) in [7, 11) is 0. The number of aryl methyl sites for hydroxylation is 1. The Kier molecular flexibility index (Phi) is 4.84.